The molecule has 1 aliphatic heterocycles. The Kier molecular flexibility index (Phi) is 1.61. The molecule has 62 valence electrons. The van der Waals surface area contributed by atoms with E-state index in [9.17, 15) is 4.79 Å². The highest BCUT2D eigenvalue weighted by Gasteiger charge is 2.11. The Morgan fingerprint density at radius 1 is 1.58 bits per heavy atom. The molecule has 0 aromatic carbocycles. The second-order valence-corrected chi connectivity index (χ2v) is 3.20. The molecule has 5 nitrogen and oxygen atoms in total. The Morgan fingerprint density at radius 2 is 2.42 bits per heavy atom. The van der Waals surface area contributed by atoms with Crippen LogP contribution in [0.2, 0.25) is 0 Å². The van der Waals surface area contributed by atoms with E-state index in [0.717, 1.165) is 5.70 Å². The summed E-state index contributed by atoms with van der Waals surface area (Å²) in [5, 5.41) is 11.5. The lowest BCUT2D eigenvalue weighted by molar-refractivity contribution is 0.857. The molecule has 0 atom stereocenters. The van der Waals surface area contributed by atoms with Crippen molar-refractivity contribution in [2.75, 3.05) is 5.32 Å². The Labute approximate surface area is 72.3 Å². The lowest BCUT2D eigenvalue weighted by Crippen LogP contribution is -2.16. The van der Waals surface area contributed by atoms with Gasteiger partial charge in [0.1, 0.15) is 0 Å². The smallest absolute Gasteiger partial charge is 0.340 e. The largest absolute Gasteiger partial charge is 0.362 e. The molecular formula is C6H6N4OS. The Hall–Kier alpha value is -1.30. The summed E-state index contributed by atoms with van der Waals surface area (Å²) in [6, 6.07) is 0. The molecule has 0 saturated carbocycles. The van der Waals surface area contributed by atoms with Crippen LogP contribution in [-0.4, -0.2) is 15.2 Å². The van der Waals surface area contributed by atoms with Crippen LogP contribution in [-0.2, 0) is 0 Å². The lowest BCUT2D eigenvalue weighted by atomic mass is 10.5. The van der Waals surface area contributed by atoms with Gasteiger partial charge in [-0.1, -0.05) is 11.8 Å². The number of anilines is 1. The average Bonchev–Trinajstić information content (AvgIpc) is 2.05. The number of H-pyrrole nitrogens is 1. The first-order valence-corrected chi connectivity index (χ1v) is 4.21. The third-order valence-corrected chi connectivity index (χ3v) is 2.31. The first-order valence-electron chi connectivity index (χ1n) is 3.33. The molecule has 12 heavy (non-hydrogen) atoms. The molecule has 2 rings (SSSR count). The van der Waals surface area contributed by atoms with Gasteiger partial charge in [0.05, 0.1) is 0 Å². The van der Waals surface area contributed by atoms with E-state index in [2.05, 4.69) is 20.5 Å². The van der Waals surface area contributed by atoms with Gasteiger partial charge in [-0.05, 0) is 12.3 Å². The van der Waals surface area contributed by atoms with Crippen LogP contribution in [0.1, 0.15) is 6.92 Å². The monoisotopic (exact) mass is 182 g/mol. The number of allylic oxidation sites excluding steroid dienone is 1. The van der Waals surface area contributed by atoms with E-state index in [4.69, 9.17) is 0 Å². The maximum Gasteiger partial charge on any atom is 0.362 e. The van der Waals surface area contributed by atoms with E-state index in [1.54, 1.807) is 0 Å². The van der Waals surface area contributed by atoms with Gasteiger partial charge in [-0.15, -0.1) is 0 Å². The van der Waals surface area contributed by atoms with E-state index in [1.807, 2.05) is 12.3 Å². The summed E-state index contributed by atoms with van der Waals surface area (Å²) < 4.78 is 0. The van der Waals surface area contributed by atoms with Crippen molar-refractivity contribution in [1.82, 2.24) is 15.2 Å². The molecule has 0 radical (unpaired) electrons. The van der Waals surface area contributed by atoms with Gasteiger partial charge in [-0.25, -0.2) is 9.89 Å². The molecule has 2 heterocycles. The van der Waals surface area contributed by atoms with Gasteiger partial charge in [0, 0.05) is 5.70 Å². The number of aromatic nitrogens is 3. The van der Waals surface area contributed by atoms with Crippen LogP contribution in [0.15, 0.2) is 20.9 Å². The number of fused-ring (bicyclic) bond motifs is 1. The highest BCUT2D eigenvalue weighted by Crippen LogP contribution is 2.28. The van der Waals surface area contributed by atoms with Crippen molar-refractivity contribution in [3.63, 3.8) is 0 Å². The molecule has 1 aromatic rings. The minimum absolute atomic E-state index is 0.420. The number of aromatic amines is 1. The van der Waals surface area contributed by atoms with Gasteiger partial charge in [-0.2, -0.15) is 10.1 Å². The van der Waals surface area contributed by atoms with Crippen molar-refractivity contribution in [3.05, 3.63) is 21.6 Å². The summed E-state index contributed by atoms with van der Waals surface area (Å²) in [4.78, 5) is 14.5. The molecule has 0 saturated heterocycles. The van der Waals surface area contributed by atoms with Crippen LogP contribution in [0, 0.1) is 0 Å². The Bertz CT molecular complexity index is 397. The van der Waals surface area contributed by atoms with E-state index in [0.29, 0.717) is 10.8 Å². The van der Waals surface area contributed by atoms with Crippen LogP contribution in [0.5, 0.6) is 0 Å². The zero-order valence-corrected chi connectivity index (χ0v) is 7.10. The van der Waals surface area contributed by atoms with Crippen LogP contribution >= 0.6 is 11.8 Å². The summed E-state index contributed by atoms with van der Waals surface area (Å²) >= 11 is 1.39. The molecule has 0 bridgehead atoms. The summed E-state index contributed by atoms with van der Waals surface area (Å²) in [6.45, 7) is 1.92. The molecule has 0 spiro atoms. The van der Waals surface area contributed by atoms with Crippen LogP contribution < -0.4 is 11.0 Å². The van der Waals surface area contributed by atoms with Crippen molar-refractivity contribution in [3.8, 4) is 0 Å². The van der Waals surface area contributed by atoms with Crippen LogP contribution in [0.4, 0.5) is 5.82 Å². The summed E-state index contributed by atoms with van der Waals surface area (Å²) in [5.74, 6) is 0.611. The minimum Gasteiger partial charge on any atom is -0.340 e. The number of nitrogens with zero attached hydrogens (tertiary/aromatic N) is 2. The molecule has 1 aromatic heterocycles. The van der Waals surface area contributed by atoms with Gasteiger partial charge in [0.25, 0.3) is 0 Å². The van der Waals surface area contributed by atoms with Gasteiger partial charge >= 0.3 is 5.69 Å². The lowest BCUT2D eigenvalue weighted by Gasteiger charge is -2.11. The fourth-order valence-corrected chi connectivity index (χ4v) is 1.54. The van der Waals surface area contributed by atoms with Gasteiger partial charge < -0.3 is 5.32 Å². The number of rotatable bonds is 0. The van der Waals surface area contributed by atoms with E-state index >= 15 is 0 Å². The molecule has 0 aliphatic carbocycles. The minimum atomic E-state index is -0.420. The zero-order valence-electron chi connectivity index (χ0n) is 6.29. The first-order chi connectivity index (χ1) is 5.75. The molecule has 1 aliphatic rings. The third kappa shape index (κ3) is 1.20. The average molecular weight is 182 g/mol. The standard InChI is InChI=1S/C6H6N4OS/c1-3-2-12-5-4(7-3)9-10-6(11)8-5/h2H,1H3,(H,7,9)(H,8,10,11). The molecular weight excluding hydrogens is 176 g/mol. The fraction of sp³-hybridized carbons (Fsp3) is 0.167. The van der Waals surface area contributed by atoms with Crippen molar-refractivity contribution in [2.45, 2.75) is 11.9 Å². The molecule has 0 amide bonds. The SMILES string of the molecule is CC1=CSc2nc(=O)[nH]nc2N1. The van der Waals surface area contributed by atoms with E-state index in [1.165, 1.54) is 11.8 Å². The van der Waals surface area contributed by atoms with Crippen molar-refractivity contribution >= 4 is 17.6 Å². The second kappa shape index (κ2) is 2.63. The highest BCUT2D eigenvalue weighted by molar-refractivity contribution is 8.02. The number of nitrogens with one attached hydrogen (secondary N) is 2. The van der Waals surface area contributed by atoms with Crippen molar-refractivity contribution < 1.29 is 0 Å². The molecule has 6 heteroatoms. The second-order valence-electron chi connectivity index (χ2n) is 2.34. The van der Waals surface area contributed by atoms with Gasteiger partial charge in [0.15, 0.2) is 10.8 Å². The highest BCUT2D eigenvalue weighted by atomic mass is 32.2. The Morgan fingerprint density at radius 3 is 3.25 bits per heavy atom. The topological polar surface area (TPSA) is 70.7 Å². The predicted molar refractivity (Wildman–Crippen MR) is 45.9 cm³/mol. The maximum absolute atomic E-state index is 10.7. The molecule has 2 N–H and O–H groups in total. The number of hydrogen-bond donors (Lipinski definition) is 2. The normalized spacial score (nSPS) is 14.6. The summed E-state index contributed by atoms with van der Waals surface area (Å²) in [7, 11) is 0. The quantitative estimate of drug-likeness (QED) is 0.613. The predicted octanol–water partition coefficient (Wildman–Crippen LogP) is 0.544. The maximum atomic E-state index is 10.7. The molecule has 0 unspecified atom stereocenters. The van der Waals surface area contributed by atoms with E-state index in [-0.39, 0.29) is 0 Å². The third-order valence-electron chi connectivity index (χ3n) is 1.33. The number of hydrogen-bond acceptors (Lipinski definition) is 5. The number of thioether (sulfide) groups is 1. The summed E-state index contributed by atoms with van der Waals surface area (Å²) in [6.07, 6.45) is 0. The van der Waals surface area contributed by atoms with Crippen molar-refractivity contribution in [2.24, 2.45) is 0 Å². The summed E-state index contributed by atoms with van der Waals surface area (Å²) in [5.41, 5.74) is 0.574. The van der Waals surface area contributed by atoms with Crippen LogP contribution in [0.3, 0.4) is 0 Å². The zero-order chi connectivity index (χ0) is 8.55. The Balaban J connectivity index is 2.50. The first kappa shape index (κ1) is 7.35. The van der Waals surface area contributed by atoms with Gasteiger partial charge in [0.2, 0.25) is 0 Å². The van der Waals surface area contributed by atoms with Crippen molar-refractivity contribution in [1.29, 1.82) is 0 Å². The van der Waals surface area contributed by atoms with Crippen LogP contribution in [0.25, 0.3) is 0 Å². The molecule has 0 fully saturated rings. The van der Waals surface area contributed by atoms with Gasteiger partial charge in [-0.3, -0.25) is 0 Å². The fourth-order valence-electron chi connectivity index (χ4n) is 0.846. The van der Waals surface area contributed by atoms with E-state index < -0.39 is 5.69 Å².